The summed E-state index contributed by atoms with van der Waals surface area (Å²) in [6, 6.07) is 7.17. The molecule has 24 heavy (non-hydrogen) atoms. The van der Waals surface area contributed by atoms with Crippen LogP contribution in [0.3, 0.4) is 0 Å². The minimum atomic E-state index is -3.39. The molecule has 0 unspecified atom stereocenters. The SMILES string of the molecule is COc1ccc([C@@H]2CN(C(=O)CS(C)(=O)=O)C[C@H]2NC(C)=O)cc1. The lowest BCUT2D eigenvalue weighted by atomic mass is 9.94. The van der Waals surface area contributed by atoms with Crippen LogP contribution in [0.4, 0.5) is 0 Å². The summed E-state index contributed by atoms with van der Waals surface area (Å²) in [5, 5.41) is 2.85. The number of sulfone groups is 1. The number of hydrogen-bond donors (Lipinski definition) is 1. The second kappa shape index (κ2) is 7.21. The largest absolute Gasteiger partial charge is 0.497 e. The van der Waals surface area contributed by atoms with Gasteiger partial charge in [0.25, 0.3) is 0 Å². The van der Waals surface area contributed by atoms with Gasteiger partial charge in [-0.05, 0) is 17.7 Å². The summed E-state index contributed by atoms with van der Waals surface area (Å²) in [6.07, 6.45) is 1.03. The molecular formula is C16H22N2O5S. The Morgan fingerprint density at radius 3 is 2.38 bits per heavy atom. The van der Waals surface area contributed by atoms with Crippen LogP contribution in [0.1, 0.15) is 18.4 Å². The maximum atomic E-state index is 12.2. The lowest BCUT2D eigenvalue weighted by molar-refractivity contribution is -0.128. The van der Waals surface area contributed by atoms with Gasteiger partial charge >= 0.3 is 0 Å². The Bertz CT molecular complexity index is 714. The Labute approximate surface area is 141 Å². The molecular weight excluding hydrogens is 332 g/mol. The zero-order valence-corrected chi connectivity index (χ0v) is 14.8. The molecule has 132 valence electrons. The number of carbonyl (C=O) groups excluding carboxylic acids is 2. The van der Waals surface area contributed by atoms with Crippen molar-refractivity contribution in [1.29, 1.82) is 0 Å². The molecule has 1 aliphatic rings. The van der Waals surface area contributed by atoms with Crippen molar-refractivity contribution in [2.45, 2.75) is 18.9 Å². The van der Waals surface area contributed by atoms with E-state index in [1.807, 2.05) is 24.3 Å². The third-order valence-corrected chi connectivity index (χ3v) is 4.76. The van der Waals surface area contributed by atoms with Crippen LogP contribution in [0.5, 0.6) is 5.75 Å². The van der Waals surface area contributed by atoms with Crippen LogP contribution in [0.25, 0.3) is 0 Å². The van der Waals surface area contributed by atoms with Crippen molar-refractivity contribution in [1.82, 2.24) is 10.2 Å². The van der Waals surface area contributed by atoms with E-state index in [1.165, 1.54) is 11.8 Å². The fraction of sp³-hybridized carbons (Fsp3) is 0.500. The number of amides is 2. The summed E-state index contributed by atoms with van der Waals surface area (Å²) in [5.74, 6) is -0.518. The molecule has 1 N–H and O–H groups in total. The van der Waals surface area contributed by atoms with Gasteiger partial charge in [-0.2, -0.15) is 0 Å². The molecule has 1 fully saturated rings. The summed E-state index contributed by atoms with van der Waals surface area (Å²) < 4.78 is 27.8. The summed E-state index contributed by atoms with van der Waals surface area (Å²) in [5.41, 5.74) is 0.962. The Balaban J connectivity index is 2.20. The van der Waals surface area contributed by atoms with E-state index in [-0.39, 0.29) is 17.9 Å². The molecule has 1 aliphatic heterocycles. The molecule has 0 spiro atoms. The Kier molecular flexibility index (Phi) is 5.48. The average Bonchev–Trinajstić information content (AvgIpc) is 2.89. The number of hydrogen-bond acceptors (Lipinski definition) is 5. The van der Waals surface area contributed by atoms with E-state index in [0.717, 1.165) is 17.6 Å². The Morgan fingerprint density at radius 1 is 1.25 bits per heavy atom. The molecule has 7 nitrogen and oxygen atoms in total. The number of ether oxygens (including phenoxy) is 1. The van der Waals surface area contributed by atoms with E-state index in [2.05, 4.69) is 5.32 Å². The second-order valence-electron chi connectivity index (χ2n) is 6.06. The van der Waals surface area contributed by atoms with Crippen molar-refractivity contribution in [2.24, 2.45) is 0 Å². The number of benzene rings is 1. The van der Waals surface area contributed by atoms with Gasteiger partial charge in [0, 0.05) is 32.2 Å². The third-order valence-electron chi connectivity index (χ3n) is 3.99. The smallest absolute Gasteiger partial charge is 0.237 e. The van der Waals surface area contributed by atoms with Crippen molar-refractivity contribution in [3.63, 3.8) is 0 Å². The molecule has 2 atom stereocenters. The van der Waals surface area contributed by atoms with E-state index in [9.17, 15) is 18.0 Å². The van der Waals surface area contributed by atoms with E-state index in [1.54, 1.807) is 7.11 Å². The van der Waals surface area contributed by atoms with Crippen molar-refractivity contribution in [2.75, 3.05) is 32.2 Å². The van der Waals surface area contributed by atoms with Crippen LogP contribution in [0, 0.1) is 0 Å². The molecule has 1 aromatic carbocycles. The van der Waals surface area contributed by atoms with Gasteiger partial charge in [-0.15, -0.1) is 0 Å². The molecule has 1 aromatic rings. The van der Waals surface area contributed by atoms with Crippen LogP contribution < -0.4 is 10.1 Å². The number of rotatable bonds is 5. The topological polar surface area (TPSA) is 92.8 Å². The molecule has 0 aromatic heterocycles. The standard InChI is InChI=1S/C16H22N2O5S/c1-11(19)17-15-9-18(16(20)10-24(3,21)22)8-14(15)12-4-6-13(23-2)7-5-12/h4-7,14-15H,8-10H2,1-3H3,(H,17,19)/t14-,15+/m0/s1. The van der Waals surface area contributed by atoms with Crippen molar-refractivity contribution >= 4 is 21.7 Å². The Hall–Kier alpha value is -2.09. The number of nitrogens with one attached hydrogen (secondary N) is 1. The monoisotopic (exact) mass is 354 g/mol. The highest BCUT2D eigenvalue weighted by Crippen LogP contribution is 2.29. The van der Waals surface area contributed by atoms with Crippen molar-refractivity contribution < 1.29 is 22.7 Å². The normalized spacial score (nSPS) is 20.7. The predicted octanol–water partition coefficient (Wildman–Crippen LogP) is 0.170. The van der Waals surface area contributed by atoms with Crippen molar-refractivity contribution in [3.05, 3.63) is 29.8 Å². The minimum Gasteiger partial charge on any atom is -0.497 e. The number of methoxy groups -OCH3 is 1. The zero-order chi connectivity index (χ0) is 17.9. The number of likely N-dealkylation sites (tertiary alicyclic amines) is 1. The first-order chi connectivity index (χ1) is 11.2. The molecule has 0 saturated carbocycles. The fourth-order valence-corrected chi connectivity index (χ4v) is 3.55. The second-order valence-corrected chi connectivity index (χ2v) is 8.20. The van der Waals surface area contributed by atoms with Crippen molar-refractivity contribution in [3.8, 4) is 5.75 Å². The minimum absolute atomic E-state index is 0.0942. The van der Waals surface area contributed by atoms with Gasteiger partial charge in [-0.25, -0.2) is 8.42 Å². The van der Waals surface area contributed by atoms with Crippen LogP contribution in [0.15, 0.2) is 24.3 Å². The lowest BCUT2D eigenvalue weighted by Crippen LogP contribution is -2.40. The van der Waals surface area contributed by atoms with Gasteiger partial charge in [0.15, 0.2) is 9.84 Å². The molecule has 1 saturated heterocycles. The van der Waals surface area contributed by atoms with Gasteiger partial charge in [-0.3, -0.25) is 9.59 Å². The van der Waals surface area contributed by atoms with Gasteiger partial charge < -0.3 is 15.0 Å². The number of nitrogens with zero attached hydrogens (tertiary/aromatic N) is 1. The predicted molar refractivity (Wildman–Crippen MR) is 89.6 cm³/mol. The molecule has 2 amide bonds. The molecule has 8 heteroatoms. The maximum Gasteiger partial charge on any atom is 0.237 e. The fourth-order valence-electron chi connectivity index (χ4n) is 2.92. The zero-order valence-electron chi connectivity index (χ0n) is 14.0. The molecule has 2 rings (SSSR count). The molecule has 0 aliphatic carbocycles. The van der Waals surface area contributed by atoms with E-state index in [0.29, 0.717) is 13.1 Å². The first kappa shape index (κ1) is 18.3. The van der Waals surface area contributed by atoms with Crippen LogP contribution in [-0.2, 0) is 19.4 Å². The highest BCUT2D eigenvalue weighted by atomic mass is 32.2. The summed E-state index contributed by atoms with van der Waals surface area (Å²) in [6.45, 7) is 2.09. The van der Waals surface area contributed by atoms with Crippen LogP contribution >= 0.6 is 0 Å². The summed E-state index contributed by atoms with van der Waals surface area (Å²) in [7, 11) is -1.81. The van der Waals surface area contributed by atoms with Gasteiger partial charge in [-0.1, -0.05) is 12.1 Å². The first-order valence-electron chi connectivity index (χ1n) is 7.56. The average molecular weight is 354 g/mol. The van der Waals surface area contributed by atoms with E-state index >= 15 is 0 Å². The van der Waals surface area contributed by atoms with Crippen LogP contribution in [-0.4, -0.2) is 63.4 Å². The highest BCUT2D eigenvalue weighted by molar-refractivity contribution is 7.91. The van der Waals surface area contributed by atoms with E-state index in [4.69, 9.17) is 4.74 Å². The quantitative estimate of drug-likeness (QED) is 0.814. The molecule has 0 bridgehead atoms. The molecule has 0 radical (unpaired) electrons. The lowest BCUT2D eigenvalue weighted by Gasteiger charge is -2.19. The first-order valence-corrected chi connectivity index (χ1v) is 9.62. The Morgan fingerprint density at radius 2 is 1.88 bits per heavy atom. The van der Waals surface area contributed by atoms with Gasteiger partial charge in [0.05, 0.1) is 13.2 Å². The highest BCUT2D eigenvalue weighted by Gasteiger charge is 2.37. The summed E-state index contributed by atoms with van der Waals surface area (Å²) in [4.78, 5) is 25.1. The third kappa shape index (κ3) is 4.70. The summed E-state index contributed by atoms with van der Waals surface area (Å²) >= 11 is 0. The van der Waals surface area contributed by atoms with Gasteiger partial charge in [0.1, 0.15) is 11.5 Å². The van der Waals surface area contributed by atoms with E-state index < -0.39 is 21.5 Å². The number of carbonyl (C=O) groups is 2. The van der Waals surface area contributed by atoms with Crippen LogP contribution in [0.2, 0.25) is 0 Å². The molecule has 1 heterocycles. The maximum absolute atomic E-state index is 12.2. The van der Waals surface area contributed by atoms with Gasteiger partial charge in [0.2, 0.25) is 11.8 Å².